The molecule has 0 saturated carbocycles. The molecule has 0 aliphatic rings. The monoisotopic (exact) mass is 215 g/mol. The lowest BCUT2D eigenvalue weighted by molar-refractivity contribution is 0.0663. The quantitative estimate of drug-likeness (QED) is 0.606. The number of carbonyl (C=O) groups is 1. The van der Waals surface area contributed by atoms with Crippen LogP contribution in [0.15, 0.2) is 16.5 Å². The van der Waals surface area contributed by atoms with E-state index in [1.54, 1.807) is 4.90 Å². The normalized spacial score (nSPS) is 10.3. The molecule has 6 heteroatoms. The Morgan fingerprint density at radius 3 is 2.27 bits per heavy atom. The highest BCUT2D eigenvalue weighted by atomic mass is 16.4. The van der Waals surface area contributed by atoms with Gasteiger partial charge in [0.15, 0.2) is 5.88 Å². The van der Waals surface area contributed by atoms with Crippen LogP contribution in [0.25, 0.3) is 0 Å². The van der Waals surface area contributed by atoms with Gasteiger partial charge in [0, 0.05) is 19.2 Å². The van der Waals surface area contributed by atoms with Gasteiger partial charge in [0.2, 0.25) is 5.76 Å². The predicted octanol–water partition coefficient (Wildman–Crippen LogP) is -0.231. The fourth-order valence-electron chi connectivity index (χ4n) is 1.19. The van der Waals surface area contributed by atoms with E-state index in [1.807, 2.05) is 0 Å². The average molecular weight is 215 g/mol. The number of furan rings is 1. The average Bonchev–Trinajstić information content (AvgIpc) is 2.66. The Kier molecular flexibility index (Phi) is 4.14. The molecule has 0 aliphatic heterocycles. The van der Waals surface area contributed by atoms with Gasteiger partial charge in [-0.1, -0.05) is 0 Å². The molecule has 0 aliphatic carbocycles. The summed E-state index contributed by atoms with van der Waals surface area (Å²) in [5.41, 5.74) is 0. The number of hydrogen-bond donors (Lipinski definition) is 3. The molecule has 84 valence electrons. The van der Waals surface area contributed by atoms with Crippen LogP contribution in [-0.4, -0.2) is 47.6 Å². The van der Waals surface area contributed by atoms with Gasteiger partial charge < -0.3 is 24.6 Å². The minimum Gasteiger partial charge on any atom is -0.475 e. The molecule has 0 aromatic carbocycles. The Hall–Kier alpha value is -1.53. The lowest BCUT2D eigenvalue weighted by Gasteiger charge is -2.19. The summed E-state index contributed by atoms with van der Waals surface area (Å²) in [6.45, 7) is 0.381. The van der Waals surface area contributed by atoms with E-state index in [0.29, 0.717) is 5.88 Å². The van der Waals surface area contributed by atoms with Crippen LogP contribution in [0.4, 0.5) is 5.88 Å². The maximum Gasteiger partial charge on any atom is 0.371 e. The van der Waals surface area contributed by atoms with E-state index in [1.165, 1.54) is 12.1 Å². The molecule has 0 radical (unpaired) electrons. The Bertz CT molecular complexity index is 316. The second kappa shape index (κ2) is 5.38. The first-order valence-corrected chi connectivity index (χ1v) is 4.49. The van der Waals surface area contributed by atoms with Crippen molar-refractivity contribution in [1.82, 2.24) is 0 Å². The van der Waals surface area contributed by atoms with Crippen LogP contribution >= 0.6 is 0 Å². The molecular weight excluding hydrogens is 202 g/mol. The Morgan fingerprint density at radius 1 is 1.27 bits per heavy atom. The van der Waals surface area contributed by atoms with Crippen LogP contribution < -0.4 is 4.90 Å². The standard InChI is InChI=1S/C9H13NO5/c11-5-3-10(4-6-12)8-2-1-7(15-8)9(13)14/h1-2,11-12H,3-6H2,(H,13,14). The van der Waals surface area contributed by atoms with Gasteiger partial charge in [-0.15, -0.1) is 0 Å². The molecule has 1 rings (SSSR count). The van der Waals surface area contributed by atoms with Gasteiger partial charge >= 0.3 is 5.97 Å². The fourth-order valence-corrected chi connectivity index (χ4v) is 1.19. The zero-order chi connectivity index (χ0) is 11.3. The van der Waals surface area contributed by atoms with E-state index >= 15 is 0 Å². The maximum atomic E-state index is 10.5. The van der Waals surface area contributed by atoms with Gasteiger partial charge in [-0.05, 0) is 6.07 Å². The van der Waals surface area contributed by atoms with Gasteiger partial charge in [-0.25, -0.2) is 4.79 Å². The SMILES string of the molecule is O=C(O)c1ccc(N(CCO)CCO)o1. The molecule has 0 amide bonds. The molecule has 6 nitrogen and oxygen atoms in total. The van der Waals surface area contributed by atoms with Gasteiger partial charge in [-0.3, -0.25) is 0 Å². The molecule has 1 heterocycles. The second-order valence-electron chi connectivity index (χ2n) is 2.88. The van der Waals surface area contributed by atoms with Crippen LogP contribution in [0, 0.1) is 0 Å². The number of aliphatic hydroxyl groups excluding tert-OH is 2. The van der Waals surface area contributed by atoms with Crippen LogP contribution in [0.2, 0.25) is 0 Å². The van der Waals surface area contributed by atoms with Gasteiger partial charge in [0.05, 0.1) is 13.2 Å². The molecule has 15 heavy (non-hydrogen) atoms. The van der Waals surface area contributed by atoms with Crippen molar-refractivity contribution in [1.29, 1.82) is 0 Å². The van der Waals surface area contributed by atoms with Gasteiger partial charge in [0.1, 0.15) is 0 Å². The van der Waals surface area contributed by atoms with Crippen molar-refractivity contribution in [2.24, 2.45) is 0 Å². The van der Waals surface area contributed by atoms with Crippen molar-refractivity contribution in [3.05, 3.63) is 17.9 Å². The smallest absolute Gasteiger partial charge is 0.371 e. The number of carboxylic acids is 1. The minimum absolute atomic E-state index is 0.0941. The topological polar surface area (TPSA) is 94.1 Å². The number of aromatic carboxylic acids is 1. The minimum atomic E-state index is -1.14. The van der Waals surface area contributed by atoms with Crippen molar-refractivity contribution in [3.63, 3.8) is 0 Å². The molecule has 3 N–H and O–H groups in total. The molecule has 0 unspecified atom stereocenters. The lowest BCUT2D eigenvalue weighted by Crippen LogP contribution is -2.29. The molecular formula is C9H13NO5. The fraction of sp³-hybridized carbons (Fsp3) is 0.444. The summed E-state index contributed by atoms with van der Waals surface area (Å²) in [5, 5.41) is 26.1. The molecule has 0 saturated heterocycles. The van der Waals surface area contributed by atoms with Gasteiger partial charge in [-0.2, -0.15) is 0 Å². The Morgan fingerprint density at radius 2 is 1.87 bits per heavy atom. The summed E-state index contributed by atoms with van der Waals surface area (Å²) in [5.74, 6) is -0.976. The van der Waals surface area contributed by atoms with Crippen LogP contribution in [0.3, 0.4) is 0 Å². The largest absolute Gasteiger partial charge is 0.475 e. The molecule has 0 atom stereocenters. The van der Waals surface area contributed by atoms with E-state index in [4.69, 9.17) is 19.7 Å². The highest BCUT2D eigenvalue weighted by Crippen LogP contribution is 2.17. The molecule has 1 aromatic rings. The van der Waals surface area contributed by atoms with Crippen molar-refractivity contribution >= 4 is 11.9 Å². The number of rotatable bonds is 6. The third kappa shape index (κ3) is 2.97. The number of nitrogens with zero attached hydrogens (tertiary/aromatic N) is 1. The highest BCUT2D eigenvalue weighted by molar-refractivity contribution is 5.84. The second-order valence-corrected chi connectivity index (χ2v) is 2.88. The van der Waals surface area contributed by atoms with Crippen LogP contribution in [0.1, 0.15) is 10.6 Å². The zero-order valence-electron chi connectivity index (χ0n) is 8.09. The molecule has 0 fully saturated rings. The summed E-state index contributed by atoms with van der Waals surface area (Å²) in [6, 6.07) is 2.83. The number of anilines is 1. The van der Waals surface area contributed by atoms with Crippen molar-refractivity contribution in [2.45, 2.75) is 0 Å². The first kappa shape index (κ1) is 11.5. The summed E-state index contributed by atoms with van der Waals surface area (Å²) in [4.78, 5) is 12.1. The van der Waals surface area contributed by atoms with Crippen molar-refractivity contribution < 1.29 is 24.5 Å². The van der Waals surface area contributed by atoms with E-state index in [-0.39, 0.29) is 32.1 Å². The number of hydrogen-bond acceptors (Lipinski definition) is 5. The zero-order valence-corrected chi connectivity index (χ0v) is 8.09. The number of carboxylic acid groups (broad SMARTS) is 1. The van der Waals surface area contributed by atoms with Gasteiger partial charge in [0.25, 0.3) is 0 Å². The summed E-state index contributed by atoms with van der Waals surface area (Å²) in [7, 11) is 0. The van der Waals surface area contributed by atoms with E-state index in [2.05, 4.69) is 0 Å². The molecule has 0 spiro atoms. The van der Waals surface area contributed by atoms with E-state index in [9.17, 15) is 4.79 Å². The molecule has 0 bridgehead atoms. The first-order valence-electron chi connectivity index (χ1n) is 4.49. The summed E-state index contributed by atoms with van der Waals surface area (Å²) in [6.07, 6.45) is 0. The van der Waals surface area contributed by atoms with Crippen molar-refractivity contribution in [2.75, 3.05) is 31.2 Å². The summed E-state index contributed by atoms with van der Waals surface area (Å²) < 4.78 is 5.02. The van der Waals surface area contributed by atoms with Crippen LogP contribution in [-0.2, 0) is 0 Å². The summed E-state index contributed by atoms with van der Waals surface area (Å²) >= 11 is 0. The lowest BCUT2D eigenvalue weighted by atomic mass is 10.4. The third-order valence-corrected chi connectivity index (χ3v) is 1.85. The first-order chi connectivity index (χ1) is 7.19. The van der Waals surface area contributed by atoms with E-state index in [0.717, 1.165) is 0 Å². The Balaban J connectivity index is 2.76. The number of aliphatic hydroxyl groups is 2. The highest BCUT2D eigenvalue weighted by Gasteiger charge is 2.13. The van der Waals surface area contributed by atoms with E-state index < -0.39 is 5.97 Å². The molecule has 1 aromatic heterocycles. The predicted molar refractivity (Wildman–Crippen MR) is 52.1 cm³/mol. The van der Waals surface area contributed by atoms with Crippen LogP contribution in [0.5, 0.6) is 0 Å². The van der Waals surface area contributed by atoms with Crippen molar-refractivity contribution in [3.8, 4) is 0 Å². The third-order valence-electron chi connectivity index (χ3n) is 1.85. The Labute approximate surface area is 86.4 Å². The maximum absolute atomic E-state index is 10.5.